The maximum absolute atomic E-state index is 10.1. The third kappa shape index (κ3) is 2.71. The smallest absolute Gasteiger partial charge is 0.0873 e. The van der Waals surface area contributed by atoms with Gasteiger partial charge in [-0.25, -0.2) is 4.68 Å². The van der Waals surface area contributed by atoms with Crippen LogP contribution in [0.15, 0.2) is 30.5 Å². The van der Waals surface area contributed by atoms with Gasteiger partial charge in [0.1, 0.15) is 0 Å². The lowest BCUT2D eigenvalue weighted by atomic mass is 9.99. The first-order valence-corrected chi connectivity index (χ1v) is 6.68. The number of hydrogen-bond donors (Lipinski definition) is 1. The first-order valence-electron chi connectivity index (χ1n) is 6.68. The molecule has 0 radical (unpaired) electrons. The van der Waals surface area contributed by atoms with Crippen molar-refractivity contribution in [1.82, 2.24) is 9.78 Å². The summed E-state index contributed by atoms with van der Waals surface area (Å²) in [6, 6.07) is 8.41. The molecule has 2 rings (SSSR count). The quantitative estimate of drug-likeness (QED) is 0.914. The first-order chi connectivity index (χ1) is 8.80. The van der Waals surface area contributed by atoms with E-state index in [0.29, 0.717) is 5.92 Å². The molecule has 0 amide bonds. The van der Waals surface area contributed by atoms with E-state index in [0.717, 1.165) is 16.9 Å². The highest BCUT2D eigenvalue weighted by atomic mass is 16.3. The fourth-order valence-electron chi connectivity index (χ4n) is 2.27. The number of aliphatic hydroxyl groups is 1. The number of aromatic nitrogens is 2. The SMILES string of the molecule is Cc1c(C(C)(C)O)cnn1-c1ccc(C(C)C)cc1. The van der Waals surface area contributed by atoms with Gasteiger partial charge in [0.05, 0.1) is 17.5 Å². The highest BCUT2D eigenvalue weighted by Crippen LogP contribution is 2.25. The summed E-state index contributed by atoms with van der Waals surface area (Å²) < 4.78 is 1.87. The maximum atomic E-state index is 10.1. The summed E-state index contributed by atoms with van der Waals surface area (Å²) in [5, 5.41) is 14.5. The Morgan fingerprint density at radius 3 is 2.16 bits per heavy atom. The Kier molecular flexibility index (Phi) is 3.50. The minimum absolute atomic E-state index is 0.528. The molecule has 1 aromatic heterocycles. The van der Waals surface area contributed by atoms with Crippen LogP contribution >= 0.6 is 0 Å². The molecule has 1 aromatic carbocycles. The maximum Gasteiger partial charge on any atom is 0.0873 e. The summed E-state index contributed by atoms with van der Waals surface area (Å²) in [6.45, 7) is 9.91. The molecule has 0 aliphatic heterocycles. The van der Waals surface area contributed by atoms with Crippen molar-refractivity contribution in [2.45, 2.75) is 46.1 Å². The minimum Gasteiger partial charge on any atom is -0.386 e. The number of benzene rings is 1. The van der Waals surface area contributed by atoms with Gasteiger partial charge >= 0.3 is 0 Å². The molecular weight excluding hydrogens is 236 g/mol. The summed E-state index contributed by atoms with van der Waals surface area (Å²) in [6.07, 6.45) is 1.74. The van der Waals surface area contributed by atoms with Gasteiger partial charge in [-0.2, -0.15) is 5.10 Å². The van der Waals surface area contributed by atoms with E-state index in [-0.39, 0.29) is 0 Å². The molecule has 0 unspecified atom stereocenters. The third-order valence-corrected chi connectivity index (χ3v) is 3.47. The average molecular weight is 258 g/mol. The summed E-state index contributed by atoms with van der Waals surface area (Å²) in [5.41, 5.74) is 3.32. The van der Waals surface area contributed by atoms with Gasteiger partial charge in [0.2, 0.25) is 0 Å². The zero-order valence-corrected chi connectivity index (χ0v) is 12.3. The molecule has 19 heavy (non-hydrogen) atoms. The molecular formula is C16H22N2O. The second kappa shape index (κ2) is 4.82. The molecule has 2 aromatic rings. The van der Waals surface area contributed by atoms with Gasteiger partial charge in [-0.1, -0.05) is 26.0 Å². The zero-order chi connectivity index (χ0) is 14.2. The predicted octanol–water partition coefficient (Wildman–Crippen LogP) is 3.53. The standard InChI is InChI=1S/C16H22N2O/c1-11(2)13-6-8-14(9-7-13)18-12(3)15(10-17-18)16(4,5)19/h6-11,19H,1-5H3. The number of rotatable bonds is 3. The van der Waals surface area contributed by atoms with E-state index in [1.807, 2.05) is 11.6 Å². The summed E-state index contributed by atoms with van der Waals surface area (Å²) in [4.78, 5) is 0. The van der Waals surface area contributed by atoms with Crippen molar-refractivity contribution in [3.8, 4) is 5.69 Å². The third-order valence-electron chi connectivity index (χ3n) is 3.47. The van der Waals surface area contributed by atoms with Crippen molar-refractivity contribution >= 4 is 0 Å². The second-order valence-electron chi connectivity index (χ2n) is 5.86. The molecule has 0 atom stereocenters. The molecule has 1 N–H and O–H groups in total. The second-order valence-corrected chi connectivity index (χ2v) is 5.86. The molecule has 1 heterocycles. The van der Waals surface area contributed by atoms with Gasteiger partial charge in [-0.05, 0) is 44.4 Å². The Morgan fingerprint density at radius 1 is 1.16 bits per heavy atom. The van der Waals surface area contributed by atoms with Crippen LogP contribution in [0.2, 0.25) is 0 Å². The lowest BCUT2D eigenvalue weighted by Gasteiger charge is -2.17. The lowest BCUT2D eigenvalue weighted by Crippen LogP contribution is -2.16. The van der Waals surface area contributed by atoms with Crippen LogP contribution in [0, 0.1) is 6.92 Å². The Morgan fingerprint density at radius 2 is 1.74 bits per heavy atom. The number of hydrogen-bond acceptors (Lipinski definition) is 2. The van der Waals surface area contributed by atoms with Crippen molar-refractivity contribution in [2.24, 2.45) is 0 Å². The van der Waals surface area contributed by atoms with E-state index in [1.165, 1.54) is 5.56 Å². The van der Waals surface area contributed by atoms with Crippen molar-refractivity contribution in [1.29, 1.82) is 0 Å². The molecule has 0 aliphatic carbocycles. The van der Waals surface area contributed by atoms with Crippen molar-refractivity contribution in [2.75, 3.05) is 0 Å². The number of nitrogens with zero attached hydrogens (tertiary/aromatic N) is 2. The van der Waals surface area contributed by atoms with Crippen LogP contribution in [-0.4, -0.2) is 14.9 Å². The van der Waals surface area contributed by atoms with Crippen LogP contribution in [0.3, 0.4) is 0 Å². The van der Waals surface area contributed by atoms with Gasteiger partial charge in [0, 0.05) is 11.3 Å². The van der Waals surface area contributed by atoms with Crippen molar-refractivity contribution < 1.29 is 5.11 Å². The van der Waals surface area contributed by atoms with E-state index in [4.69, 9.17) is 0 Å². The van der Waals surface area contributed by atoms with E-state index in [9.17, 15) is 5.11 Å². The summed E-state index contributed by atoms with van der Waals surface area (Å²) in [7, 11) is 0. The molecule has 0 saturated heterocycles. The van der Waals surface area contributed by atoms with Crippen LogP contribution < -0.4 is 0 Å². The Bertz CT molecular complexity index is 559. The van der Waals surface area contributed by atoms with Crippen LogP contribution in [-0.2, 0) is 5.60 Å². The molecule has 0 fully saturated rings. The van der Waals surface area contributed by atoms with E-state index in [1.54, 1.807) is 20.0 Å². The van der Waals surface area contributed by atoms with E-state index >= 15 is 0 Å². The largest absolute Gasteiger partial charge is 0.386 e. The predicted molar refractivity (Wildman–Crippen MR) is 77.6 cm³/mol. The van der Waals surface area contributed by atoms with Gasteiger partial charge in [0.15, 0.2) is 0 Å². The summed E-state index contributed by atoms with van der Waals surface area (Å²) in [5.74, 6) is 0.528. The zero-order valence-electron chi connectivity index (χ0n) is 12.3. The van der Waals surface area contributed by atoms with E-state index < -0.39 is 5.60 Å². The van der Waals surface area contributed by atoms with Gasteiger partial charge in [0.25, 0.3) is 0 Å². The van der Waals surface area contributed by atoms with Crippen LogP contribution in [0.4, 0.5) is 0 Å². The van der Waals surface area contributed by atoms with Crippen LogP contribution in [0.5, 0.6) is 0 Å². The van der Waals surface area contributed by atoms with Crippen LogP contribution in [0.25, 0.3) is 5.69 Å². The molecule has 3 nitrogen and oxygen atoms in total. The molecule has 0 aliphatic rings. The Hall–Kier alpha value is -1.61. The average Bonchev–Trinajstić information content (AvgIpc) is 2.71. The van der Waals surface area contributed by atoms with Gasteiger partial charge < -0.3 is 5.11 Å². The Balaban J connectivity index is 2.40. The van der Waals surface area contributed by atoms with Gasteiger partial charge in [-0.3, -0.25) is 0 Å². The van der Waals surface area contributed by atoms with E-state index in [2.05, 4.69) is 43.2 Å². The van der Waals surface area contributed by atoms with Crippen molar-refractivity contribution in [3.05, 3.63) is 47.3 Å². The fourth-order valence-corrected chi connectivity index (χ4v) is 2.27. The molecule has 0 bridgehead atoms. The van der Waals surface area contributed by atoms with Crippen LogP contribution in [0.1, 0.15) is 50.4 Å². The highest BCUT2D eigenvalue weighted by Gasteiger charge is 2.22. The molecule has 102 valence electrons. The topological polar surface area (TPSA) is 38.1 Å². The molecule has 0 spiro atoms. The molecule has 0 saturated carbocycles. The Labute approximate surface area is 114 Å². The fraction of sp³-hybridized carbons (Fsp3) is 0.438. The minimum atomic E-state index is -0.861. The monoisotopic (exact) mass is 258 g/mol. The van der Waals surface area contributed by atoms with Gasteiger partial charge in [-0.15, -0.1) is 0 Å². The first kappa shape index (κ1) is 13.8. The highest BCUT2D eigenvalue weighted by molar-refractivity contribution is 5.38. The lowest BCUT2D eigenvalue weighted by molar-refractivity contribution is 0.0779. The molecule has 3 heteroatoms. The summed E-state index contributed by atoms with van der Waals surface area (Å²) >= 11 is 0. The normalized spacial score (nSPS) is 12.2. The van der Waals surface area contributed by atoms with Crippen molar-refractivity contribution in [3.63, 3.8) is 0 Å².